The van der Waals surface area contributed by atoms with Gasteiger partial charge in [-0.3, -0.25) is 4.98 Å². The first kappa shape index (κ1) is 20.6. The molecule has 0 atom stereocenters. The Morgan fingerprint density at radius 2 is 1.84 bits per heavy atom. The summed E-state index contributed by atoms with van der Waals surface area (Å²) in [5.41, 5.74) is 2.41. The molecule has 4 aromatic rings. The minimum absolute atomic E-state index is 0.0884. The van der Waals surface area contributed by atoms with Crippen LogP contribution in [0.15, 0.2) is 42.6 Å². The average molecular weight is 435 g/mol. The number of hydrogen-bond donors (Lipinski definition) is 1. The second kappa shape index (κ2) is 7.67. The minimum atomic E-state index is -0.401. The summed E-state index contributed by atoms with van der Waals surface area (Å²) in [5.74, 6) is 1.47. The SMILES string of the molecule is COc1cc2c(Oc3ccc4[nH]c(C)cc4c3F)ccnc2cc1OCC1(N(C)C)CC1. The fourth-order valence-electron chi connectivity index (χ4n) is 4.05. The van der Waals surface area contributed by atoms with Crippen molar-refractivity contribution in [3.05, 3.63) is 54.1 Å². The zero-order valence-electron chi connectivity index (χ0n) is 18.7. The van der Waals surface area contributed by atoms with Crippen molar-refractivity contribution in [3.8, 4) is 23.0 Å². The van der Waals surface area contributed by atoms with Gasteiger partial charge < -0.3 is 24.1 Å². The van der Waals surface area contributed by atoms with Crippen molar-refractivity contribution in [1.29, 1.82) is 0 Å². The van der Waals surface area contributed by atoms with Gasteiger partial charge in [0.05, 0.1) is 18.2 Å². The number of aromatic nitrogens is 2. The summed E-state index contributed by atoms with van der Waals surface area (Å²) >= 11 is 0. The Hall–Kier alpha value is -3.32. The van der Waals surface area contributed by atoms with E-state index in [2.05, 4.69) is 29.0 Å². The van der Waals surface area contributed by atoms with E-state index in [1.807, 2.05) is 25.1 Å². The third-order valence-electron chi connectivity index (χ3n) is 6.32. The molecule has 6 nitrogen and oxygen atoms in total. The highest BCUT2D eigenvalue weighted by atomic mass is 19.1. The van der Waals surface area contributed by atoms with Gasteiger partial charge in [-0.1, -0.05) is 0 Å². The summed E-state index contributed by atoms with van der Waals surface area (Å²) < 4.78 is 32.8. The number of methoxy groups -OCH3 is 1. The van der Waals surface area contributed by atoms with Crippen molar-refractivity contribution in [2.24, 2.45) is 0 Å². The zero-order chi connectivity index (χ0) is 22.5. The lowest BCUT2D eigenvalue weighted by molar-refractivity contribution is 0.164. The van der Waals surface area contributed by atoms with Crippen LogP contribution < -0.4 is 14.2 Å². The first-order valence-corrected chi connectivity index (χ1v) is 10.6. The number of nitrogens with zero attached hydrogens (tertiary/aromatic N) is 2. The largest absolute Gasteiger partial charge is 0.493 e. The van der Waals surface area contributed by atoms with Crippen LogP contribution in [0.4, 0.5) is 4.39 Å². The topological polar surface area (TPSA) is 59.6 Å². The molecule has 32 heavy (non-hydrogen) atoms. The lowest BCUT2D eigenvalue weighted by atomic mass is 10.1. The number of benzene rings is 2. The summed E-state index contributed by atoms with van der Waals surface area (Å²) in [4.78, 5) is 9.81. The molecule has 1 fully saturated rings. The van der Waals surface area contributed by atoms with Crippen LogP contribution in [0, 0.1) is 12.7 Å². The standard InChI is InChI=1S/C25H26FN3O3/c1-15-11-17-18(28-15)5-6-21(24(17)26)32-20-7-10-27-19-13-23(22(30-4)12-16(19)20)31-14-25(8-9-25)29(2)3/h5-7,10-13,28H,8-9,14H2,1-4H3. The fraction of sp³-hybridized carbons (Fsp3) is 0.320. The van der Waals surface area contributed by atoms with E-state index in [-0.39, 0.29) is 11.3 Å². The molecule has 7 heteroatoms. The predicted molar refractivity (Wildman–Crippen MR) is 123 cm³/mol. The number of halogens is 1. The Morgan fingerprint density at radius 3 is 2.56 bits per heavy atom. The van der Waals surface area contributed by atoms with E-state index in [0.29, 0.717) is 34.8 Å². The Morgan fingerprint density at radius 1 is 1.03 bits per heavy atom. The molecule has 1 aliphatic rings. The molecule has 0 saturated heterocycles. The quantitative estimate of drug-likeness (QED) is 0.419. The maximum absolute atomic E-state index is 15.1. The molecule has 0 spiro atoms. The minimum Gasteiger partial charge on any atom is -0.493 e. The van der Waals surface area contributed by atoms with Crippen LogP contribution in [0.1, 0.15) is 18.5 Å². The van der Waals surface area contributed by atoms with Gasteiger partial charge in [-0.15, -0.1) is 0 Å². The lowest BCUT2D eigenvalue weighted by Crippen LogP contribution is -2.35. The van der Waals surface area contributed by atoms with E-state index < -0.39 is 5.82 Å². The first-order chi connectivity index (χ1) is 15.4. The van der Waals surface area contributed by atoms with Gasteiger partial charge in [0.25, 0.3) is 0 Å². The number of aryl methyl sites for hydroxylation is 1. The molecule has 1 aliphatic carbocycles. The van der Waals surface area contributed by atoms with Gasteiger partial charge in [0.2, 0.25) is 0 Å². The number of ether oxygens (including phenoxy) is 3. The van der Waals surface area contributed by atoms with Crippen molar-refractivity contribution >= 4 is 21.8 Å². The summed E-state index contributed by atoms with van der Waals surface area (Å²) in [7, 11) is 5.75. The van der Waals surface area contributed by atoms with E-state index >= 15 is 4.39 Å². The highest BCUT2D eigenvalue weighted by Gasteiger charge is 2.45. The second-order valence-electron chi connectivity index (χ2n) is 8.63. The molecule has 0 amide bonds. The number of hydrogen-bond acceptors (Lipinski definition) is 5. The monoisotopic (exact) mass is 435 g/mol. The lowest BCUT2D eigenvalue weighted by Gasteiger charge is -2.24. The normalized spacial score (nSPS) is 14.8. The summed E-state index contributed by atoms with van der Waals surface area (Å²) in [6, 6.07) is 10.6. The third-order valence-corrected chi connectivity index (χ3v) is 6.32. The molecule has 1 saturated carbocycles. The van der Waals surface area contributed by atoms with E-state index in [1.54, 1.807) is 31.5 Å². The predicted octanol–water partition coefficient (Wildman–Crippen LogP) is 5.44. The molecule has 5 rings (SSSR count). The van der Waals surface area contributed by atoms with Gasteiger partial charge in [-0.2, -0.15) is 0 Å². The molecule has 0 bridgehead atoms. The van der Waals surface area contributed by atoms with Gasteiger partial charge >= 0.3 is 0 Å². The van der Waals surface area contributed by atoms with Crippen LogP contribution in [-0.2, 0) is 0 Å². The van der Waals surface area contributed by atoms with Crippen LogP contribution in [0.2, 0.25) is 0 Å². The summed E-state index contributed by atoms with van der Waals surface area (Å²) in [6.45, 7) is 2.48. The van der Waals surface area contributed by atoms with Crippen LogP contribution >= 0.6 is 0 Å². The molecule has 0 unspecified atom stereocenters. The third kappa shape index (κ3) is 3.52. The maximum Gasteiger partial charge on any atom is 0.175 e. The van der Waals surface area contributed by atoms with E-state index in [1.165, 1.54) is 0 Å². The van der Waals surface area contributed by atoms with E-state index in [9.17, 15) is 0 Å². The highest BCUT2D eigenvalue weighted by Crippen LogP contribution is 2.43. The number of fused-ring (bicyclic) bond motifs is 2. The first-order valence-electron chi connectivity index (χ1n) is 10.6. The highest BCUT2D eigenvalue weighted by molar-refractivity contribution is 5.89. The van der Waals surface area contributed by atoms with Gasteiger partial charge in [-0.25, -0.2) is 4.39 Å². The Labute approximate surface area is 185 Å². The summed E-state index contributed by atoms with van der Waals surface area (Å²) in [5, 5.41) is 1.22. The Bertz CT molecular complexity index is 1310. The van der Waals surface area contributed by atoms with Crippen LogP contribution in [-0.4, -0.2) is 48.2 Å². The van der Waals surface area contributed by atoms with Gasteiger partial charge in [-0.05, 0) is 64.2 Å². The van der Waals surface area contributed by atoms with E-state index in [0.717, 1.165) is 29.4 Å². The Balaban J connectivity index is 1.49. The average Bonchev–Trinajstić information content (AvgIpc) is 3.48. The molecule has 0 radical (unpaired) electrons. The number of rotatable bonds is 7. The molecule has 2 heterocycles. The Kier molecular flexibility index (Phi) is 4.93. The number of pyridine rings is 1. The number of nitrogens with one attached hydrogen (secondary N) is 1. The molecule has 1 N–H and O–H groups in total. The van der Waals surface area contributed by atoms with Gasteiger partial charge in [0.1, 0.15) is 12.4 Å². The number of likely N-dealkylation sites (N-methyl/N-ethyl adjacent to an activating group) is 1. The molecule has 166 valence electrons. The van der Waals surface area contributed by atoms with Crippen LogP contribution in [0.25, 0.3) is 21.8 Å². The van der Waals surface area contributed by atoms with Gasteiger partial charge in [0.15, 0.2) is 23.1 Å². The fourth-order valence-corrected chi connectivity index (χ4v) is 4.05. The van der Waals surface area contributed by atoms with Crippen molar-refractivity contribution in [3.63, 3.8) is 0 Å². The van der Waals surface area contributed by atoms with E-state index in [4.69, 9.17) is 14.2 Å². The second-order valence-corrected chi connectivity index (χ2v) is 8.63. The smallest absolute Gasteiger partial charge is 0.175 e. The van der Waals surface area contributed by atoms with Crippen molar-refractivity contribution < 1.29 is 18.6 Å². The number of H-pyrrole nitrogens is 1. The van der Waals surface area contributed by atoms with Gasteiger partial charge in [0, 0.05) is 34.2 Å². The molecule has 2 aromatic heterocycles. The van der Waals surface area contributed by atoms with Crippen molar-refractivity contribution in [1.82, 2.24) is 14.9 Å². The van der Waals surface area contributed by atoms with Crippen LogP contribution in [0.3, 0.4) is 0 Å². The molecular formula is C25H26FN3O3. The van der Waals surface area contributed by atoms with Crippen molar-refractivity contribution in [2.75, 3.05) is 27.8 Å². The number of aromatic amines is 1. The maximum atomic E-state index is 15.1. The molecule has 2 aromatic carbocycles. The molecule has 0 aliphatic heterocycles. The molecular weight excluding hydrogens is 409 g/mol. The van der Waals surface area contributed by atoms with Crippen LogP contribution in [0.5, 0.6) is 23.0 Å². The zero-order valence-corrected chi connectivity index (χ0v) is 18.7. The summed E-state index contributed by atoms with van der Waals surface area (Å²) in [6.07, 6.45) is 3.87. The van der Waals surface area contributed by atoms with Crippen molar-refractivity contribution in [2.45, 2.75) is 25.3 Å².